The molecule has 2 aliphatic rings. The van der Waals surface area contributed by atoms with Crippen LogP contribution in [0.15, 0.2) is 35.2 Å². The molecule has 1 aromatic carbocycles. The van der Waals surface area contributed by atoms with Gasteiger partial charge in [-0.1, -0.05) is 0 Å². The van der Waals surface area contributed by atoms with Crippen LogP contribution in [0.3, 0.4) is 0 Å². The van der Waals surface area contributed by atoms with E-state index in [1.54, 1.807) is 28.6 Å². The Morgan fingerprint density at radius 1 is 1.00 bits per heavy atom. The molecule has 150 valence electrons. The van der Waals surface area contributed by atoms with Crippen molar-refractivity contribution in [1.29, 1.82) is 0 Å². The number of hydrogen-bond donors (Lipinski definition) is 0. The number of aryl methyl sites for hydroxylation is 2. The molecule has 1 aliphatic carbocycles. The maximum absolute atomic E-state index is 13.0. The average molecular weight is 403 g/mol. The van der Waals surface area contributed by atoms with Crippen LogP contribution in [-0.4, -0.2) is 55.2 Å². The van der Waals surface area contributed by atoms with Crippen LogP contribution in [0.1, 0.15) is 31.5 Å². The van der Waals surface area contributed by atoms with Gasteiger partial charge >= 0.3 is 0 Å². The quantitative estimate of drug-likeness (QED) is 0.764. The third-order valence-electron chi connectivity index (χ3n) is 5.20. The average Bonchev–Trinajstić information content (AvgIpc) is 3.16. The van der Waals surface area contributed by atoms with E-state index in [1.807, 2.05) is 13.8 Å². The number of hydrogen-bond acceptors (Lipinski definition) is 6. The first-order chi connectivity index (χ1) is 13.4. The second-order valence-electron chi connectivity index (χ2n) is 7.56. The highest BCUT2D eigenvalue weighted by Gasteiger charge is 2.29. The molecule has 4 rings (SSSR count). The zero-order valence-corrected chi connectivity index (χ0v) is 17.2. The monoisotopic (exact) mass is 402 g/mol. The van der Waals surface area contributed by atoms with E-state index >= 15 is 0 Å². The van der Waals surface area contributed by atoms with Crippen LogP contribution < -0.4 is 9.64 Å². The van der Waals surface area contributed by atoms with Crippen molar-refractivity contribution in [2.75, 3.05) is 31.1 Å². The first-order valence-corrected chi connectivity index (χ1v) is 11.2. The minimum atomic E-state index is -3.51. The summed E-state index contributed by atoms with van der Waals surface area (Å²) in [5, 5.41) is 8.69. The van der Waals surface area contributed by atoms with E-state index in [0.717, 1.165) is 30.8 Å². The third-order valence-corrected chi connectivity index (χ3v) is 7.12. The topological polar surface area (TPSA) is 75.6 Å². The van der Waals surface area contributed by atoms with Gasteiger partial charge in [0.15, 0.2) is 5.82 Å². The second kappa shape index (κ2) is 7.67. The zero-order chi connectivity index (χ0) is 19.7. The molecular weight excluding hydrogens is 376 g/mol. The third kappa shape index (κ3) is 3.84. The van der Waals surface area contributed by atoms with E-state index < -0.39 is 10.0 Å². The molecular formula is C20H26N4O3S. The molecule has 0 bridgehead atoms. The van der Waals surface area contributed by atoms with E-state index in [9.17, 15) is 8.42 Å². The van der Waals surface area contributed by atoms with Gasteiger partial charge in [0, 0.05) is 26.2 Å². The van der Waals surface area contributed by atoms with Gasteiger partial charge in [0.2, 0.25) is 10.0 Å². The Labute approximate surface area is 166 Å². The van der Waals surface area contributed by atoms with Crippen molar-refractivity contribution in [2.24, 2.45) is 0 Å². The Morgan fingerprint density at radius 3 is 2.39 bits per heavy atom. The molecule has 28 heavy (non-hydrogen) atoms. The first kappa shape index (κ1) is 19.1. The van der Waals surface area contributed by atoms with Gasteiger partial charge in [-0.2, -0.15) is 9.40 Å². The molecule has 8 heteroatoms. The number of fused-ring (bicyclic) bond motifs is 1. The maximum atomic E-state index is 13.0. The molecule has 0 saturated carbocycles. The van der Waals surface area contributed by atoms with Crippen molar-refractivity contribution in [3.63, 3.8) is 0 Å². The van der Waals surface area contributed by atoms with Gasteiger partial charge in [0.25, 0.3) is 0 Å². The van der Waals surface area contributed by atoms with Gasteiger partial charge in [-0.25, -0.2) is 8.42 Å². The molecule has 1 aromatic heterocycles. The fourth-order valence-electron chi connectivity index (χ4n) is 3.74. The van der Waals surface area contributed by atoms with Crippen molar-refractivity contribution in [2.45, 2.75) is 44.1 Å². The lowest BCUT2D eigenvalue weighted by Crippen LogP contribution is -2.49. The van der Waals surface area contributed by atoms with Crippen LogP contribution in [0.25, 0.3) is 0 Å². The van der Waals surface area contributed by atoms with Crippen LogP contribution in [0.4, 0.5) is 5.82 Å². The fraction of sp³-hybridized carbons (Fsp3) is 0.500. The summed E-state index contributed by atoms with van der Waals surface area (Å²) < 4.78 is 33.1. The van der Waals surface area contributed by atoms with Crippen molar-refractivity contribution in [3.8, 4) is 5.75 Å². The molecule has 0 atom stereocenters. The van der Waals surface area contributed by atoms with Crippen LogP contribution >= 0.6 is 0 Å². The highest BCUT2D eigenvalue weighted by molar-refractivity contribution is 7.89. The molecule has 0 spiro atoms. The molecule has 0 N–H and O–H groups in total. The maximum Gasteiger partial charge on any atom is 0.243 e. The Balaban J connectivity index is 1.42. The van der Waals surface area contributed by atoms with E-state index in [0.29, 0.717) is 36.8 Å². The number of piperazine rings is 1. The van der Waals surface area contributed by atoms with Crippen LogP contribution in [0, 0.1) is 0 Å². The number of ether oxygens (including phenoxy) is 1. The SMILES string of the molecule is CC(C)Oc1ccc(S(=O)(=O)N2CCN(c3cc4c(nn3)CCC4)CC2)cc1. The van der Waals surface area contributed by atoms with E-state index in [1.165, 1.54) is 5.56 Å². The summed E-state index contributed by atoms with van der Waals surface area (Å²) in [4.78, 5) is 2.42. The van der Waals surface area contributed by atoms with Gasteiger partial charge in [-0.05, 0) is 69.0 Å². The number of sulfonamides is 1. The van der Waals surface area contributed by atoms with Crippen molar-refractivity contribution in [1.82, 2.24) is 14.5 Å². The van der Waals surface area contributed by atoms with Gasteiger partial charge in [0.1, 0.15) is 5.75 Å². The molecule has 2 heterocycles. The Bertz CT molecular complexity index is 936. The lowest BCUT2D eigenvalue weighted by atomic mass is 10.2. The highest BCUT2D eigenvalue weighted by atomic mass is 32.2. The second-order valence-corrected chi connectivity index (χ2v) is 9.50. The van der Waals surface area contributed by atoms with E-state index in [-0.39, 0.29) is 6.10 Å². The Hall–Kier alpha value is -2.19. The van der Waals surface area contributed by atoms with Crippen molar-refractivity contribution in [3.05, 3.63) is 41.6 Å². The summed E-state index contributed by atoms with van der Waals surface area (Å²) in [5.74, 6) is 1.53. The van der Waals surface area contributed by atoms with Gasteiger partial charge in [-0.15, -0.1) is 5.10 Å². The van der Waals surface area contributed by atoms with Crippen LogP contribution in [-0.2, 0) is 22.9 Å². The molecule has 0 radical (unpaired) electrons. The number of anilines is 1. The molecule has 7 nitrogen and oxygen atoms in total. The van der Waals surface area contributed by atoms with Crippen LogP contribution in [0.5, 0.6) is 5.75 Å². The highest BCUT2D eigenvalue weighted by Crippen LogP contribution is 2.25. The lowest BCUT2D eigenvalue weighted by molar-refractivity contribution is 0.242. The minimum absolute atomic E-state index is 0.0536. The lowest BCUT2D eigenvalue weighted by Gasteiger charge is -2.34. The molecule has 1 aliphatic heterocycles. The summed E-state index contributed by atoms with van der Waals surface area (Å²) in [6.45, 7) is 5.98. The smallest absolute Gasteiger partial charge is 0.243 e. The summed E-state index contributed by atoms with van der Waals surface area (Å²) in [6, 6.07) is 8.77. The summed E-state index contributed by atoms with van der Waals surface area (Å²) in [5.41, 5.74) is 2.39. The van der Waals surface area contributed by atoms with Crippen LogP contribution in [0.2, 0.25) is 0 Å². The van der Waals surface area contributed by atoms with Gasteiger partial charge in [0.05, 0.1) is 16.7 Å². The predicted molar refractivity (Wildman–Crippen MR) is 107 cm³/mol. The number of aromatic nitrogens is 2. The number of nitrogens with zero attached hydrogens (tertiary/aromatic N) is 4. The van der Waals surface area contributed by atoms with Crippen molar-refractivity contribution >= 4 is 15.8 Å². The Kier molecular flexibility index (Phi) is 5.25. The first-order valence-electron chi connectivity index (χ1n) is 9.81. The summed E-state index contributed by atoms with van der Waals surface area (Å²) in [7, 11) is -3.51. The van der Waals surface area contributed by atoms with Gasteiger partial charge < -0.3 is 9.64 Å². The number of rotatable bonds is 5. The predicted octanol–water partition coefficient (Wildman–Crippen LogP) is 2.26. The van der Waals surface area contributed by atoms with E-state index in [4.69, 9.17) is 4.74 Å². The summed E-state index contributed by atoms with van der Waals surface area (Å²) >= 11 is 0. The largest absolute Gasteiger partial charge is 0.491 e. The molecule has 0 unspecified atom stereocenters. The van der Waals surface area contributed by atoms with Gasteiger partial charge in [-0.3, -0.25) is 0 Å². The number of benzene rings is 1. The molecule has 1 fully saturated rings. The van der Waals surface area contributed by atoms with E-state index in [2.05, 4.69) is 21.2 Å². The fourth-order valence-corrected chi connectivity index (χ4v) is 5.16. The minimum Gasteiger partial charge on any atom is -0.491 e. The molecule has 2 aromatic rings. The molecule has 0 amide bonds. The zero-order valence-electron chi connectivity index (χ0n) is 16.3. The standard InChI is InChI=1S/C20H26N4O3S/c1-15(2)27-17-6-8-18(9-7-17)28(25,26)24-12-10-23(11-13-24)20-14-16-4-3-5-19(16)21-22-20/h6-9,14-15H,3-5,10-13H2,1-2H3. The van der Waals surface area contributed by atoms with Crippen molar-refractivity contribution < 1.29 is 13.2 Å². The Morgan fingerprint density at radius 2 is 1.71 bits per heavy atom. The summed E-state index contributed by atoms with van der Waals surface area (Å²) in [6.07, 6.45) is 3.26. The molecule has 1 saturated heterocycles. The normalized spacial score (nSPS) is 17.8.